The van der Waals surface area contributed by atoms with E-state index in [-0.39, 0.29) is 18.1 Å². The summed E-state index contributed by atoms with van der Waals surface area (Å²) in [4.78, 5) is 22.6. The molecular formula is C17H13BrFIN2O4. The van der Waals surface area contributed by atoms with Crippen LogP contribution in [-0.4, -0.2) is 29.8 Å². The van der Waals surface area contributed by atoms with Crippen LogP contribution in [0.15, 0.2) is 46.0 Å². The lowest BCUT2D eigenvalue weighted by molar-refractivity contribution is -0.139. The molecule has 1 amide bonds. The summed E-state index contributed by atoms with van der Waals surface area (Å²) in [7, 11) is 0. The zero-order valence-electron chi connectivity index (χ0n) is 13.2. The standard InChI is InChI=1S/C17H13BrFIN2O4/c18-14-7-13(20)6-11(17(14)26-9-16(24)25)8-21-22-15(23)5-10-1-3-12(19)4-2-10/h1-4,6-8H,5,9H2,(H,22,23)(H,24,25)/b21-8+. The third-order valence-corrected chi connectivity index (χ3v) is 4.26. The molecule has 0 heterocycles. The first-order valence-electron chi connectivity index (χ1n) is 7.25. The molecule has 0 aliphatic rings. The maximum Gasteiger partial charge on any atom is 0.341 e. The van der Waals surface area contributed by atoms with Gasteiger partial charge in [-0.3, -0.25) is 4.79 Å². The molecule has 0 fully saturated rings. The van der Waals surface area contributed by atoms with Crippen molar-refractivity contribution in [3.05, 3.63) is 61.4 Å². The third-order valence-electron chi connectivity index (χ3n) is 3.05. The Hall–Kier alpha value is -2.01. The van der Waals surface area contributed by atoms with Gasteiger partial charge in [-0.1, -0.05) is 12.1 Å². The van der Waals surface area contributed by atoms with Crippen LogP contribution in [0.4, 0.5) is 4.39 Å². The van der Waals surface area contributed by atoms with Gasteiger partial charge in [-0.15, -0.1) is 0 Å². The van der Waals surface area contributed by atoms with E-state index in [1.165, 1.54) is 30.5 Å². The number of aliphatic carboxylic acids is 1. The van der Waals surface area contributed by atoms with Crippen molar-refractivity contribution in [1.29, 1.82) is 0 Å². The van der Waals surface area contributed by atoms with Gasteiger partial charge >= 0.3 is 5.97 Å². The van der Waals surface area contributed by atoms with Gasteiger partial charge in [-0.25, -0.2) is 14.6 Å². The van der Waals surface area contributed by atoms with Gasteiger partial charge in [-0.05, 0) is 68.3 Å². The maximum absolute atomic E-state index is 12.9. The van der Waals surface area contributed by atoms with Crippen LogP contribution in [-0.2, 0) is 16.0 Å². The highest BCUT2D eigenvalue weighted by atomic mass is 127. The highest BCUT2D eigenvalue weighted by Gasteiger charge is 2.11. The molecule has 2 N–H and O–H groups in total. The minimum atomic E-state index is -1.11. The number of halogens is 3. The fraction of sp³-hybridized carbons (Fsp3) is 0.118. The van der Waals surface area contributed by atoms with Crippen molar-refractivity contribution >= 4 is 56.6 Å². The summed E-state index contributed by atoms with van der Waals surface area (Å²) in [6.45, 7) is -0.503. The van der Waals surface area contributed by atoms with E-state index >= 15 is 0 Å². The number of benzene rings is 2. The van der Waals surface area contributed by atoms with Crippen LogP contribution in [0.25, 0.3) is 0 Å². The molecule has 2 rings (SSSR count). The third kappa shape index (κ3) is 6.37. The van der Waals surface area contributed by atoms with Crippen LogP contribution in [0.3, 0.4) is 0 Å². The number of rotatable bonds is 7. The fourth-order valence-electron chi connectivity index (χ4n) is 1.96. The number of hydrogen-bond donors (Lipinski definition) is 2. The monoisotopic (exact) mass is 534 g/mol. The number of nitrogens with one attached hydrogen (secondary N) is 1. The topological polar surface area (TPSA) is 88.0 Å². The number of nitrogens with zero attached hydrogens (tertiary/aromatic N) is 1. The Bertz CT molecular complexity index is 843. The number of ether oxygens (including phenoxy) is 1. The molecule has 136 valence electrons. The van der Waals surface area contributed by atoms with Crippen molar-refractivity contribution in [2.24, 2.45) is 5.10 Å². The van der Waals surface area contributed by atoms with Crippen molar-refractivity contribution in [3.63, 3.8) is 0 Å². The van der Waals surface area contributed by atoms with Gasteiger partial charge in [0.2, 0.25) is 5.91 Å². The summed E-state index contributed by atoms with van der Waals surface area (Å²) < 4.78 is 19.6. The molecule has 6 nitrogen and oxygen atoms in total. The molecule has 0 bridgehead atoms. The SMILES string of the molecule is O=C(O)COc1c(Br)cc(I)cc1/C=N/NC(=O)Cc1ccc(F)cc1. The predicted molar refractivity (Wildman–Crippen MR) is 106 cm³/mol. The van der Waals surface area contributed by atoms with E-state index in [0.717, 1.165) is 3.57 Å². The Morgan fingerprint density at radius 1 is 1.31 bits per heavy atom. The average molecular weight is 535 g/mol. The molecule has 26 heavy (non-hydrogen) atoms. The zero-order chi connectivity index (χ0) is 19.1. The van der Waals surface area contributed by atoms with Crippen molar-refractivity contribution in [3.8, 4) is 5.75 Å². The maximum atomic E-state index is 12.9. The predicted octanol–water partition coefficient (Wildman–Crippen LogP) is 3.35. The molecular weight excluding hydrogens is 522 g/mol. The van der Waals surface area contributed by atoms with Crippen molar-refractivity contribution in [2.75, 3.05) is 6.61 Å². The van der Waals surface area contributed by atoms with E-state index in [0.29, 0.717) is 21.3 Å². The number of hydrazone groups is 1. The van der Waals surface area contributed by atoms with E-state index in [4.69, 9.17) is 9.84 Å². The summed E-state index contributed by atoms with van der Waals surface area (Å²) in [5, 5.41) is 12.6. The van der Waals surface area contributed by atoms with Crippen molar-refractivity contribution in [1.82, 2.24) is 5.43 Å². The van der Waals surface area contributed by atoms with Gasteiger partial charge < -0.3 is 9.84 Å². The molecule has 0 spiro atoms. The molecule has 0 atom stereocenters. The summed E-state index contributed by atoms with van der Waals surface area (Å²) in [5.74, 6) is -1.54. The molecule has 0 saturated carbocycles. The molecule has 9 heteroatoms. The molecule has 0 radical (unpaired) electrons. The number of carboxylic acids is 1. The average Bonchev–Trinajstić information content (AvgIpc) is 2.55. The van der Waals surface area contributed by atoms with Gasteiger partial charge in [-0.2, -0.15) is 5.10 Å². The Kier molecular flexibility index (Phi) is 7.51. The van der Waals surface area contributed by atoms with Crippen LogP contribution >= 0.6 is 38.5 Å². The summed E-state index contributed by atoms with van der Waals surface area (Å²) in [5.41, 5.74) is 3.53. The molecule has 0 aliphatic carbocycles. The number of carbonyl (C=O) groups excluding carboxylic acids is 1. The van der Waals surface area contributed by atoms with Crippen molar-refractivity contribution in [2.45, 2.75) is 6.42 Å². The van der Waals surface area contributed by atoms with Gasteiger partial charge in [0.25, 0.3) is 0 Å². The summed E-state index contributed by atoms with van der Waals surface area (Å²) in [6.07, 6.45) is 1.42. The zero-order valence-corrected chi connectivity index (χ0v) is 17.0. The number of amides is 1. The van der Waals surface area contributed by atoms with E-state index in [2.05, 4.69) is 49.0 Å². The van der Waals surface area contributed by atoms with E-state index < -0.39 is 12.6 Å². The molecule has 0 aromatic heterocycles. The van der Waals surface area contributed by atoms with E-state index in [1.54, 1.807) is 12.1 Å². The Labute approximate surface area is 170 Å². The molecule has 0 unspecified atom stereocenters. The van der Waals surface area contributed by atoms with Crippen LogP contribution in [0.2, 0.25) is 0 Å². The second-order valence-electron chi connectivity index (χ2n) is 5.08. The first-order chi connectivity index (χ1) is 12.3. The molecule has 2 aromatic rings. The van der Waals surface area contributed by atoms with Crippen LogP contribution in [0, 0.1) is 9.39 Å². The summed E-state index contributed by atoms with van der Waals surface area (Å²) in [6, 6.07) is 9.10. The Morgan fingerprint density at radius 3 is 2.65 bits per heavy atom. The minimum Gasteiger partial charge on any atom is -0.480 e. The smallest absolute Gasteiger partial charge is 0.341 e. The van der Waals surface area contributed by atoms with Crippen LogP contribution in [0.1, 0.15) is 11.1 Å². The number of carboxylic acid groups (broad SMARTS) is 1. The first-order valence-corrected chi connectivity index (χ1v) is 9.12. The second-order valence-corrected chi connectivity index (χ2v) is 7.18. The highest BCUT2D eigenvalue weighted by Crippen LogP contribution is 2.30. The number of carbonyl (C=O) groups is 2. The lowest BCUT2D eigenvalue weighted by atomic mass is 10.1. The number of hydrogen-bond acceptors (Lipinski definition) is 4. The van der Waals surface area contributed by atoms with Crippen LogP contribution in [0.5, 0.6) is 5.75 Å². The Balaban J connectivity index is 2.05. The normalized spacial score (nSPS) is 10.7. The molecule has 0 saturated heterocycles. The fourth-order valence-corrected chi connectivity index (χ4v) is 3.63. The lowest BCUT2D eigenvalue weighted by Gasteiger charge is -2.10. The van der Waals surface area contributed by atoms with Gasteiger partial charge in [0.15, 0.2) is 6.61 Å². The van der Waals surface area contributed by atoms with E-state index in [9.17, 15) is 14.0 Å². The second kappa shape index (κ2) is 9.62. The van der Waals surface area contributed by atoms with Gasteiger partial charge in [0.1, 0.15) is 11.6 Å². The molecule has 0 aliphatic heterocycles. The largest absolute Gasteiger partial charge is 0.480 e. The van der Waals surface area contributed by atoms with Gasteiger partial charge in [0.05, 0.1) is 17.1 Å². The Morgan fingerprint density at radius 2 is 2.00 bits per heavy atom. The minimum absolute atomic E-state index is 0.0516. The van der Waals surface area contributed by atoms with Crippen LogP contribution < -0.4 is 10.2 Å². The highest BCUT2D eigenvalue weighted by molar-refractivity contribution is 14.1. The van der Waals surface area contributed by atoms with Crippen molar-refractivity contribution < 1.29 is 23.8 Å². The first kappa shape index (κ1) is 20.3. The van der Waals surface area contributed by atoms with Gasteiger partial charge in [0, 0.05) is 9.13 Å². The lowest BCUT2D eigenvalue weighted by Crippen LogP contribution is -2.20. The summed E-state index contributed by atoms with van der Waals surface area (Å²) >= 11 is 5.41. The quantitative estimate of drug-likeness (QED) is 0.324. The van der Waals surface area contributed by atoms with E-state index in [1.807, 2.05) is 0 Å². The molecule has 2 aromatic carbocycles.